The lowest BCUT2D eigenvalue weighted by molar-refractivity contribution is 0.285. The van der Waals surface area contributed by atoms with Crippen LogP contribution in [-0.4, -0.2) is 41.0 Å². The van der Waals surface area contributed by atoms with E-state index in [9.17, 15) is 0 Å². The van der Waals surface area contributed by atoms with Crippen molar-refractivity contribution in [1.82, 2.24) is 14.9 Å². The first-order chi connectivity index (χ1) is 9.42. The highest BCUT2D eigenvalue weighted by atomic mass is 15.3. The lowest BCUT2D eigenvalue weighted by Crippen LogP contribution is -2.31. The van der Waals surface area contributed by atoms with Crippen LogP contribution in [0.3, 0.4) is 0 Å². The summed E-state index contributed by atoms with van der Waals surface area (Å²) in [6.45, 7) is 5.42. The van der Waals surface area contributed by atoms with Crippen LogP contribution in [0.15, 0.2) is 42.7 Å². The van der Waals surface area contributed by atoms with Gasteiger partial charge in [0.2, 0.25) is 5.95 Å². The quantitative estimate of drug-likeness (QED) is 0.913. The lowest BCUT2D eigenvalue weighted by atomic mass is 10.2. The third kappa shape index (κ3) is 3.15. The van der Waals surface area contributed by atoms with Gasteiger partial charge in [-0.15, -0.1) is 0 Å². The van der Waals surface area contributed by atoms with Crippen molar-refractivity contribution < 1.29 is 0 Å². The zero-order valence-corrected chi connectivity index (χ0v) is 11.1. The second-order valence-corrected chi connectivity index (χ2v) is 5.02. The average molecular weight is 256 g/mol. The molecule has 1 aromatic heterocycles. The number of benzene rings is 1. The standard InChI is InChI=1S/C15H20N4/c1-2-5-14(6-3-1)13-18-9-4-10-19(12-11-18)15-16-7-8-17-15/h1-3,5-8H,4,9-13H2,(H,16,17). The SMILES string of the molecule is c1ccc(CN2CCCN(c3ncc[nH]3)CC2)cc1. The molecule has 0 bridgehead atoms. The van der Waals surface area contributed by atoms with Gasteiger partial charge in [-0.1, -0.05) is 30.3 Å². The van der Waals surface area contributed by atoms with E-state index in [1.165, 1.54) is 12.0 Å². The predicted octanol–water partition coefficient (Wildman–Crippen LogP) is 2.12. The van der Waals surface area contributed by atoms with E-state index in [1.54, 1.807) is 0 Å². The second kappa shape index (κ2) is 5.89. The minimum Gasteiger partial charge on any atom is -0.341 e. The van der Waals surface area contributed by atoms with Crippen LogP contribution in [0.25, 0.3) is 0 Å². The van der Waals surface area contributed by atoms with Crippen molar-refractivity contribution >= 4 is 5.95 Å². The highest BCUT2D eigenvalue weighted by Crippen LogP contribution is 2.12. The van der Waals surface area contributed by atoms with Gasteiger partial charge in [-0.2, -0.15) is 0 Å². The Bertz CT molecular complexity index is 480. The van der Waals surface area contributed by atoms with Crippen molar-refractivity contribution in [2.75, 3.05) is 31.1 Å². The fourth-order valence-corrected chi connectivity index (χ4v) is 2.61. The third-order valence-electron chi connectivity index (χ3n) is 3.62. The summed E-state index contributed by atoms with van der Waals surface area (Å²) < 4.78 is 0. The number of H-pyrrole nitrogens is 1. The molecule has 2 heterocycles. The number of nitrogens with one attached hydrogen (secondary N) is 1. The van der Waals surface area contributed by atoms with Gasteiger partial charge in [0.15, 0.2) is 0 Å². The Balaban J connectivity index is 1.59. The molecule has 1 aromatic carbocycles. The molecule has 19 heavy (non-hydrogen) atoms. The Hall–Kier alpha value is -1.81. The zero-order valence-electron chi connectivity index (χ0n) is 11.1. The number of aromatic amines is 1. The zero-order chi connectivity index (χ0) is 12.9. The van der Waals surface area contributed by atoms with Crippen LogP contribution in [0.4, 0.5) is 5.95 Å². The van der Waals surface area contributed by atoms with Gasteiger partial charge in [-0.25, -0.2) is 4.98 Å². The number of imidazole rings is 1. The fourth-order valence-electron chi connectivity index (χ4n) is 2.61. The molecular formula is C15H20N4. The molecule has 1 fully saturated rings. The monoisotopic (exact) mass is 256 g/mol. The van der Waals surface area contributed by atoms with Crippen LogP contribution in [0.2, 0.25) is 0 Å². The van der Waals surface area contributed by atoms with Crippen molar-refractivity contribution in [3.63, 3.8) is 0 Å². The van der Waals surface area contributed by atoms with Gasteiger partial charge in [0.25, 0.3) is 0 Å². The molecule has 0 radical (unpaired) electrons. The van der Waals surface area contributed by atoms with Crippen LogP contribution < -0.4 is 4.90 Å². The van der Waals surface area contributed by atoms with Crippen molar-refractivity contribution in [3.05, 3.63) is 48.3 Å². The summed E-state index contributed by atoms with van der Waals surface area (Å²) in [5.74, 6) is 1.00. The van der Waals surface area contributed by atoms with E-state index >= 15 is 0 Å². The van der Waals surface area contributed by atoms with Crippen LogP contribution in [0.5, 0.6) is 0 Å². The van der Waals surface area contributed by atoms with Crippen molar-refractivity contribution in [2.24, 2.45) is 0 Å². The molecule has 0 atom stereocenters. The third-order valence-corrected chi connectivity index (χ3v) is 3.62. The fraction of sp³-hybridized carbons (Fsp3) is 0.400. The molecule has 1 saturated heterocycles. The Morgan fingerprint density at radius 3 is 2.74 bits per heavy atom. The van der Waals surface area contributed by atoms with Crippen molar-refractivity contribution in [3.8, 4) is 0 Å². The average Bonchev–Trinajstić information content (AvgIpc) is 2.88. The number of nitrogens with zero attached hydrogens (tertiary/aromatic N) is 3. The van der Waals surface area contributed by atoms with Gasteiger partial charge >= 0.3 is 0 Å². The highest BCUT2D eigenvalue weighted by Gasteiger charge is 2.16. The summed E-state index contributed by atoms with van der Waals surface area (Å²) in [5.41, 5.74) is 1.40. The Morgan fingerprint density at radius 1 is 1.05 bits per heavy atom. The van der Waals surface area contributed by atoms with Gasteiger partial charge in [0, 0.05) is 45.1 Å². The van der Waals surface area contributed by atoms with Gasteiger partial charge in [-0.3, -0.25) is 4.90 Å². The maximum atomic E-state index is 4.34. The van der Waals surface area contributed by atoms with Gasteiger partial charge in [0.1, 0.15) is 0 Å². The number of hydrogen-bond donors (Lipinski definition) is 1. The van der Waals surface area contributed by atoms with Gasteiger partial charge in [0.05, 0.1) is 0 Å². The largest absolute Gasteiger partial charge is 0.341 e. The second-order valence-electron chi connectivity index (χ2n) is 5.02. The van der Waals surface area contributed by atoms with E-state index in [1.807, 2.05) is 12.4 Å². The molecule has 4 nitrogen and oxygen atoms in total. The van der Waals surface area contributed by atoms with Gasteiger partial charge in [-0.05, 0) is 12.0 Å². The molecular weight excluding hydrogens is 236 g/mol. The summed E-state index contributed by atoms with van der Waals surface area (Å²) in [4.78, 5) is 12.4. The lowest BCUT2D eigenvalue weighted by Gasteiger charge is -2.21. The molecule has 0 spiro atoms. The first kappa shape index (κ1) is 12.2. The van der Waals surface area contributed by atoms with E-state index in [-0.39, 0.29) is 0 Å². The topological polar surface area (TPSA) is 35.2 Å². The first-order valence-corrected chi connectivity index (χ1v) is 6.92. The maximum Gasteiger partial charge on any atom is 0.202 e. The highest BCUT2D eigenvalue weighted by molar-refractivity contribution is 5.29. The molecule has 4 heteroatoms. The van der Waals surface area contributed by atoms with E-state index < -0.39 is 0 Å². The number of rotatable bonds is 3. The Kier molecular flexibility index (Phi) is 3.79. The van der Waals surface area contributed by atoms with E-state index in [2.05, 4.69) is 50.1 Å². The summed E-state index contributed by atoms with van der Waals surface area (Å²) >= 11 is 0. The van der Waals surface area contributed by atoms with Crippen LogP contribution in [-0.2, 0) is 6.54 Å². The molecule has 0 unspecified atom stereocenters. The minimum atomic E-state index is 1.00. The van der Waals surface area contributed by atoms with E-state index in [4.69, 9.17) is 0 Å². The molecule has 1 N–H and O–H groups in total. The smallest absolute Gasteiger partial charge is 0.202 e. The number of aromatic nitrogens is 2. The van der Waals surface area contributed by atoms with Crippen LogP contribution in [0.1, 0.15) is 12.0 Å². The molecule has 1 aliphatic heterocycles. The van der Waals surface area contributed by atoms with Crippen molar-refractivity contribution in [2.45, 2.75) is 13.0 Å². The summed E-state index contributed by atoms with van der Waals surface area (Å²) in [5, 5.41) is 0. The number of anilines is 1. The summed E-state index contributed by atoms with van der Waals surface area (Å²) in [7, 11) is 0. The summed E-state index contributed by atoms with van der Waals surface area (Å²) in [6.07, 6.45) is 4.90. The Labute approximate surface area is 114 Å². The molecule has 3 rings (SSSR count). The van der Waals surface area contributed by atoms with Crippen LogP contribution in [0, 0.1) is 0 Å². The normalized spacial score (nSPS) is 17.4. The van der Waals surface area contributed by atoms with Crippen LogP contribution >= 0.6 is 0 Å². The van der Waals surface area contributed by atoms with Crippen molar-refractivity contribution in [1.29, 1.82) is 0 Å². The molecule has 0 aliphatic carbocycles. The predicted molar refractivity (Wildman–Crippen MR) is 77.1 cm³/mol. The molecule has 0 amide bonds. The first-order valence-electron chi connectivity index (χ1n) is 6.92. The molecule has 1 aliphatic rings. The Morgan fingerprint density at radius 2 is 1.95 bits per heavy atom. The van der Waals surface area contributed by atoms with E-state index in [0.29, 0.717) is 0 Å². The summed E-state index contributed by atoms with van der Waals surface area (Å²) in [6, 6.07) is 10.7. The molecule has 100 valence electrons. The van der Waals surface area contributed by atoms with E-state index in [0.717, 1.165) is 38.7 Å². The maximum absolute atomic E-state index is 4.34. The van der Waals surface area contributed by atoms with Gasteiger partial charge < -0.3 is 9.88 Å². The molecule has 2 aromatic rings. The molecule has 0 saturated carbocycles. The number of hydrogen-bond acceptors (Lipinski definition) is 3. The minimum absolute atomic E-state index is 1.00.